The van der Waals surface area contributed by atoms with Crippen molar-refractivity contribution >= 4 is 17.9 Å². The molecule has 9 nitrogen and oxygen atoms in total. The maximum atomic E-state index is 13.2. The van der Waals surface area contributed by atoms with Crippen LogP contribution in [0.5, 0.6) is 0 Å². The second-order valence-corrected chi connectivity index (χ2v) is 10.6. The molecule has 1 aliphatic heterocycles. The van der Waals surface area contributed by atoms with Crippen LogP contribution in [0, 0.1) is 0 Å². The first-order chi connectivity index (χ1) is 21.5. The Labute approximate surface area is 258 Å². The zero-order valence-corrected chi connectivity index (χ0v) is 24.9. The number of carbonyl (C=O) groups is 3. The van der Waals surface area contributed by atoms with Gasteiger partial charge in [0, 0.05) is 6.61 Å². The van der Waals surface area contributed by atoms with Crippen LogP contribution in [0.25, 0.3) is 0 Å². The summed E-state index contributed by atoms with van der Waals surface area (Å²) in [5.74, 6) is -2.07. The van der Waals surface area contributed by atoms with Crippen LogP contribution in [0.15, 0.2) is 91.0 Å². The number of benzene rings is 3. The lowest BCUT2D eigenvalue weighted by molar-refractivity contribution is -0.299. The minimum absolute atomic E-state index is 0.246. The van der Waals surface area contributed by atoms with Crippen LogP contribution in [-0.2, 0) is 23.7 Å². The quantitative estimate of drug-likeness (QED) is 0.131. The molecule has 1 N–H and O–H groups in total. The monoisotopic (exact) mass is 604 g/mol. The fourth-order valence-electron chi connectivity index (χ4n) is 4.87. The summed E-state index contributed by atoms with van der Waals surface area (Å²) < 4.78 is 29.2. The van der Waals surface area contributed by atoms with Gasteiger partial charge in [-0.2, -0.15) is 0 Å². The number of carbonyl (C=O) groups excluding carboxylic acids is 3. The lowest BCUT2D eigenvalue weighted by Crippen LogP contribution is -2.62. The summed E-state index contributed by atoms with van der Waals surface area (Å²) in [6.07, 6.45) is -0.360. The first-order valence-corrected chi connectivity index (χ1v) is 15.2. The molecule has 3 aromatic carbocycles. The number of hydrogen-bond donors (Lipinski definition) is 1. The van der Waals surface area contributed by atoms with E-state index in [-0.39, 0.29) is 24.3 Å². The van der Waals surface area contributed by atoms with Crippen molar-refractivity contribution in [3.8, 4) is 0 Å². The van der Waals surface area contributed by atoms with E-state index in [0.29, 0.717) is 5.56 Å². The lowest BCUT2D eigenvalue weighted by Gasteiger charge is -2.43. The van der Waals surface area contributed by atoms with Gasteiger partial charge in [0.1, 0.15) is 18.8 Å². The molecule has 3 aromatic rings. The Morgan fingerprint density at radius 2 is 1.14 bits per heavy atom. The first kappa shape index (κ1) is 32.9. The molecule has 1 aliphatic rings. The molecule has 5 atom stereocenters. The van der Waals surface area contributed by atoms with Crippen LogP contribution in [0.2, 0.25) is 0 Å². The Balaban J connectivity index is 1.56. The van der Waals surface area contributed by atoms with E-state index >= 15 is 0 Å². The Morgan fingerprint density at radius 1 is 0.659 bits per heavy atom. The van der Waals surface area contributed by atoms with E-state index in [9.17, 15) is 19.5 Å². The van der Waals surface area contributed by atoms with Crippen molar-refractivity contribution in [2.75, 3.05) is 13.2 Å². The normalized spacial score (nSPS) is 21.3. The molecular formula is C35H40O9. The SMILES string of the molecule is CCCCCCCCO[C@H]1O[C@H](COC(=O)c2ccccc2)[C@@H](OC(=O)c2ccccc2)[C@H](OC(=O)c2ccccc2)[C@@H]1O. The van der Waals surface area contributed by atoms with Gasteiger partial charge in [0.2, 0.25) is 0 Å². The van der Waals surface area contributed by atoms with E-state index in [1.807, 2.05) is 0 Å². The second kappa shape index (κ2) is 17.3. The van der Waals surface area contributed by atoms with Crippen LogP contribution in [0.4, 0.5) is 0 Å². The molecule has 0 bridgehead atoms. The first-order valence-electron chi connectivity index (χ1n) is 15.2. The van der Waals surface area contributed by atoms with E-state index < -0.39 is 48.6 Å². The van der Waals surface area contributed by atoms with Gasteiger partial charge in [-0.15, -0.1) is 0 Å². The highest BCUT2D eigenvalue weighted by molar-refractivity contribution is 5.90. The molecule has 1 fully saturated rings. The molecule has 0 amide bonds. The van der Waals surface area contributed by atoms with Crippen LogP contribution >= 0.6 is 0 Å². The second-order valence-electron chi connectivity index (χ2n) is 10.6. The summed E-state index contributed by atoms with van der Waals surface area (Å²) in [5, 5.41) is 11.4. The van der Waals surface area contributed by atoms with E-state index in [0.717, 1.165) is 32.1 Å². The molecule has 234 valence electrons. The van der Waals surface area contributed by atoms with Crippen molar-refractivity contribution in [3.63, 3.8) is 0 Å². The smallest absolute Gasteiger partial charge is 0.338 e. The molecule has 9 heteroatoms. The van der Waals surface area contributed by atoms with Gasteiger partial charge >= 0.3 is 17.9 Å². The van der Waals surface area contributed by atoms with Crippen molar-refractivity contribution in [2.45, 2.75) is 76.2 Å². The molecule has 0 unspecified atom stereocenters. The van der Waals surface area contributed by atoms with E-state index in [2.05, 4.69) is 6.92 Å². The fourth-order valence-corrected chi connectivity index (χ4v) is 4.87. The zero-order chi connectivity index (χ0) is 31.1. The van der Waals surface area contributed by atoms with Crippen LogP contribution in [0.1, 0.15) is 76.5 Å². The number of unbranched alkanes of at least 4 members (excludes halogenated alkanes) is 5. The summed E-state index contributed by atoms with van der Waals surface area (Å²) in [6, 6.07) is 24.9. The average Bonchev–Trinajstić information content (AvgIpc) is 3.07. The van der Waals surface area contributed by atoms with Gasteiger partial charge in [-0.25, -0.2) is 14.4 Å². The number of esters is 3. The number of hydrogen-bond acceptors (Lipinski definition) is 9. The molecule has 0 aromatic heterocycles. The maximum absolute atomic E-state index is 13.2. The summed E-state index contributed by atoms with van der Waals surface area (Å²) in [6.45, 7) is 2.09. The van der Waals surface area contributed by atoms with Gasteiger partial charge in [-0.05, 0) is 42.8 Å². The topological polar surface area (TPSA) is 118 Å². The molecule has 0 aliphatic carbocycles. The molecule has 1 saturated heterocycles. The summed E-state index contributed by atoms with van der Waals surface area (Å²) in [7, 11) is 0. The van der Waals surface area contributed by atoms with Crippen molar-refractivity contribution in [3.05, 3.63) is 108 Å². The van der Waals surface area contributed by atoms with Crippen molar-refractivity contribution in [1.29, 1.82) is 0 Å². The number of ether oxygens (including phenoxy) is 5. The number of rotatable bonds is 15. The molecule has 44 heavy (non-hydrogen) atoms. The van der Waals surface area contributed by atoms with Gasteiger partial charge in [-0.3, -0.25) is 0 Å². The van der Waals surface area contributed by atoms with E-state index in [1.165, 1.54) is 6.42 Å². The van der Waals surface area contributed by atoms with Gasteiger partial charge in [0.25, 0.3) is 0 Å². The summed E-state index contributed by atoms with van der Waals surface area (Å²) >= 11 is 0. The zero-order valence-electron chi connectivity index (χ0n) is 24.9. The van der Waals surface area contributed by atoms with Gasteiger partial charge in [0.15, 0.2) is 18.5 Å². The molecule has 4 rings (SSSR count). The highest BCUT2D eigenvalue weighted by atomic mass is 16.7. The van der Waals surface area contributed by atoms with Gasteiger partial charge in [-0.1, -0.05) is 93.6 Å². The van der Waals surface area contributed by atoms with Crippen LogP contribution in [0.3, 0.4) is 0 Å². The van der Waals surface area contributed by atoms with Crippen LogP contribution in [-0.4, -0.2) is 66.9 Å². The molecule has 0 saturated carbocycles. The molecule has 0 radical (unpaired) electrons. The van der Waals surface area contributed by atoms with Crippen molar-refractivity contribution in [1.82, 2.24) is 0 Å². The van der Waals surface area contributed by atoms with Crippen molar-refractivity contribution in [2.24, 2.45) is 0 Å². The Kier molecular flexibility index (Phi) is 12.9. The largest absolute Gasteiger partial charge is 0.459 e. The van der Waals surface area contributed by atoms with E-state index in [1.54, 1.807) is 91.0 Å². The predicted octanol–water partition coefficient (Wildman–Crippen LogP) is 5.76. The Morgan fingerprint density at radius 3 is 1.68 bits per heavy atom. The summed E-state index contributed by atoms with van der Waals surface area (Å²) in [4.78, 5) is 39.2. The maximum Gasteiger partial charge on any atom is 0.338 e. The van der Waals surface area contributed by atoms with Crippen LogP contribution < -0.4 is 0 Å². The van der Waals surface area contributed by atoms with Gasteiger partial charge < -0.3 is 28.8 Å². The standard InChI is InChI=1S/C35H40O9/c1-2-3-4-5-6-16-23-40-35-29(36)31(44-34(39)27-21-14-9-15-22-27)30(43-33(38)26-19-12-8-13-20-26)28(42-35)24-41-32(37)25-17-10-7-11-18-25/h7-15,17-22,28-31,35-36H,2-6,16,23-24H2,1H3/t28-,29+,30-,31-,35+/m1/s1. The highest BCUT2D eigenvalue weighted by Gasteiger charge is 2.51. The third kappa shape index (κ3) is 9.47. The Hall–Kier alpha value is -4.05. The number of aliphatic hydroxyl groups is 1. The molecular weight excluding hydrogens is 564 g/mol. The summed E-state index contributed by atoms with van der Waals surface area (Å²) in [5.41, 5.74) is 0.816. The van der Waals surface area contributed by atoms with Crippen molar-refractivity contribution < 1.29 is 43.2 Å². The Bertz CT molecular complexity index is 1300. The average molecular weight is 605 g/mol. The third-order valence-corrected chi connectivity index (χ3v) is 7.29. The fraction of sp³-hybridized carbons (Fsp3) is 0.400. The molecule has 0 spiro atoms. The minimum atomic E-state index is -1.50. The van der Waals surface area contributed by atoms with E-state index in [4.69, 9.17) is 23.7 Å². The molecule has 1 heterocycles. The highest BCUT2D eigenvalue weighted by Crippen LogP contribution is 2.29. The van der Waals surface area contributed by atoms with Gasteiger partial charge in [0.05, 0.1) is 16.7 Å². The number of aliphatic hydroxyl groups excluding tert-OH is 1. The lowest BCUT2D eigenvalue weighted by atomic mass is 9.98. The predicted molar refractivity (Wildman–Crippen MR) is 162 cm³/mol. The third-order valence-electron chi connectivity index (χ3n) is 7.29. The minimum Gasteiger partial charge on any atom is -0.459 e.